The fourth-order valence-electron chi connectivity index (χ4n) is 1.90. The molecule has 21 heavy (non-hydrogen) atoms. The van der Waals surface area contributed by atoms with Crippen LogP contribution in [0, 0.1) is 0 Å². The van der Waals surface area contributed by atoms with Crippen LogP contribution in [0.2, 0.25) is 0 Å². The molecule has 2 atom stereocenters. The minimum atomic E-state index is -3.93. The van der Waals surface area contributed by atoms with Gasteiger partial charge in [-0.3, -0.25) is 0 Å². The molecule has 0 saturated heterocycles. The number of aliphatic hydroxyl groups excluding tert-OH is 2. The maximum absolute atomic E-state index is 12.6. The first-order chi connectivity index (χ1) is 9.69. The van der Waals surface area contributed by atoms with Crippen molar-refractivity contribution in [3.8, 4) is 11.5 Å². The molecule has 4 N–H and O–H groups in total. The Bertz CT molecular complexity index is 584. The van der Waals surface area contributed by atoms with E-state index in [-0.39, 0.29) is 17.1 Å². The number of sulfone groups is 1. The predicted molar refractivity (Wildman–Crippen MR) is 77.0 cm³/mol. The SMILES string of the molecule is COc1ccc(S(=O)(=O)C(C)(N)CC(O)CO)cc1OC. The van der Waals surface area contributed by atoms with Gasteiger partial charge in [-0.05, 0) is 19.1 Å². The summed E-state index contributed by atoms with van der Waals surface area (Å²) in [5, 5.41) is 18.3. The lowest BCUT2D eigenvalue weighted by Crippen LogP contribution is -2.47. The summed E-state index contributed by atoms with van der Waals surface area (Å²) in [6.07, 6.45) is -1.50. The minimum absolute atomic E-state index is 0.0460. The van der Waals surface area contributed by atoms with Gasteiger partial charge in [-0.15, -0.1) is 0 Å². The number of aliphatic hydroxyl groups is 2. The van der Waals surface area contributed by atoms with Gasteiger partial charge < -0.3 is 25.4 Å². The zero-order valence-electron chi connectivity index (χ0n) is 12.2. The molecule has 0 bridgehead atoms. The molecule has 0 aliphatic heterocycles. The molecular formula is C13H21NO6S. The molecule has 0 amide bonds. The van der Waals surface area contributed by atoms with E-state index >= 15 is 0 Å². The van der Waals surface area contributed by atoms with Crippen molar-refractivity contribution in [2.75, 3.05) is 20.8 Å². The Morgan fingerprint density at radius 3 is 2.33 bits per heavy atom. The van der Waals surface area contributed by atoms with Gasteiger partial charge in [0.2, 0.25) is 0 Å². The summed E-state index contributed by atoms with van der Waals surface area (Å²) in [5.74, 6) is 0.655. The molecule has 7 nitrogen and oxygen atoms in total. The van der Waals surface area contributed by atoms with Crippen molar-refractivity contribution >= 4 is 9.84 Å². The monoisotopic (exact) mass is 319 g/mol. The molecule has 0 heterocycles. The normalized spacial score (nSPS) is 16.1. The molecule has 8 heteroatoms. The van der Waals surface area contributed by atoms with E-state index in [0.717, 1.165) is 0 Å². The first-order valence-electron chi connectivity index (χ1n) is 6.24. The van der Waals surface area contributed by atoms with E-state index in [1.165, 1.54) is 39.3 Å². The Morgan fingerprint density at radius 2 is 1.86 bits per heavy atom. The summed E-state index contributed by atoms with van der Waals surface area (Å²) < 4.78 is 35.2. The molecular weight excluding hydrogens is 298 g/mol. The van der Waals surface area contributed by atoms with Crippen molar-refractivity contribution < 1.29 is 28.1 Å². The van der Waals surface area contributed by atoms with Crippen molar-refractivity contribution in [1.29, 1.82) is 0 Å². The van der Waals surface area contributed by atoms with Crippen LogP contribution in [0.25, 0.3) is 0 Å². The standard InChI is InChI=1S/C13H21NO6S/c1-13(14,7-9(16)8-15)21(17,18)10-4-5-11(19-2)12(6-10)20-3/h4-6,9,15-16H,7-8,14H2,1-3H3. The van der Waals surface area contributed by atoms with Gasteiger partial charge >= 0.3 is 0 Å². The van der Waals surface area contributed by atoms with E-state index in [0.29, 0.717) is 5.75 Å². The second-order valence-corrected chi connectivity index (χ2v) is 7.28. The first kappa shape index (κ1) is 17.7. The predicted octanol–water partition coefficient (Wildman–Crippen LogP) is -0.104. The van der Waals surface area contributed by atoms with Crippen LogP contribution in [-0.4, -0.2) is 50.4 Å². The summed E-state index contributed by atoms with van der Waals surface area (Å²) in [6.45, 7) is 0.728. The van der Waals surface area contributed by atoms with Crippen LogP contribution in [0.15, 0.2) is 23.1 Å². The second kappa shape index (κ2) is 6.61. The molecule has 0 aliphatic rings. The van der Waals surface area contributed by atoms with Gasteiger partial charge in [0.1, 0.15) is 4.87 Å². The summed E-state index contributed by atoms with van der Waals surface area (Å²) in [6, 6.07) is 4.13. The van der Waals surface area contributed by atoms with Crippen LogP contribution < -0.4 is 15.2 Å². The zero-order chi connectivity index (χ0) is 16.3. The topological polar surface area (TPSA) is 119 Å². The number of nitrogens with two attached hydrogens (primary N) is 1. The lowest BCUT2D eigenvalue weighted by molar-refractivity contribution is 0.0800. The lowest BCUT2D eigenvalue weighted by Gasteiger charge is -2.27. The van der Waals surface area contributed by atoms with Crippen molar-refractivity contribution in [3.63, 3.8) is 0 Å². The first-order valence-corrected chi connectivity index (χ1v) is 7.72. The Hall–Kier alpha value is -1.35. The minimum Gasteiger partial charge on any atom is -0.493 e. The fourth-order valence-corrected chi connectivity index (χ4v) is 3.35. The molecule has 120 valence electrons. The van der Waals surface area contributed by atoms with Gasteiger partial charge in [0, 0.05) is 12.5 Å². The molecule has 0 saturated carbocycles. The van der Waals surface area contributed by atoms with Gasteiger partial charge in [-0.25, -0.2) is 8.42 Å². The van der Waals surface area contributed by atoms with Crippen LogP contribution in [0.5, 0.6) is 11.5 Å². The van der Waals surface area contributed by atoms with E-state index in [9.17, 15) is 13.5 Å². The maximum Gasteiger partial charge on any atom is 0.196 e. The maximum atomic E-state index is 12.6. The molecule has 1 aromatic carbocycles. The average molecular weight is 319 g/mol. The molecule has 1 rings (SSSR count). The third-order valence-corrected chi connectivity index (χ3v) is 5.40. The number of benzene rings is 1. The van der Waals surface area contributed by atoms with Crippen molar-refractivity contribution in [3.05, 3.63) is 18.2 Å². The summed E-state index contributed by atoms with van der Waals surface area (Å²) in [5.41, 5.74) is 5.83. The molecule has 0 aromatic heterocycles. The summed E-state index contributed by atoms with van der Waals surface area (Å²) in [4.78, 5) is -1.77. The van der Waals surface area contributed by atoms with Gasteiger partial charge in [0.25, 0.3) is 0 Å². The van der Waals surface area contributed by atoms with Crippen LogP contribution >= 0.6 is 0 Å². The highest BCUT2D eigenvalue weighted by Gasteiger charge is 2.38. The van der Waals surface area contributed by atoms with Crippen molar-refractivity contribution in [2.24, 2.45) is 5.73 Å². The van der Waals surface area contributed by atoms with E-state index in [1.54, 1.807) is 0 Å². The number of ether oxygens (including phenoxy) is 2. The number of hydrogen-bond donors (Lipinski definition) is 3. The van der Waals surface area contributed by atoms with Crippen molar-refractivity contribution in [2.45, 2.75) is 29.2 Å². The molecule has 0 aliphatic carbocycles. The highest BCUT2D eigenvalue weighted by atomic mass is 32.2. The quantitative estimate of drug-likeness (QED) is 0.642. The third kappa shape index (κ3) is 3.65. The second-order valence-electron chi connectivity index (χ2n) is 4.87. The Morgan fingerprint density at radius 1 is 1.29 bits per heavy atom. The zero-order valence-corrected chi connectivity index (χ0v) is 13.1. The van der Waals surface area contributed by atoms with E-state index in [1.807, 2.05) is 0 Å². The highest BCUT2D eigenvalue weighted by molar-refractivity contribution is 7.92. The Kier molecular flexibility index (Phi) is 5.57. The average Bonchev–Trinajstić information content (AvgIpc) is 2.45. The lowest BCUT2D eigenvalue weighted by atomic mass is 10.1. The highest BCUT2D eigenvalue weighted by Crippen LogP contribution is 2.33. The van der Waals surface area contributed by atoms with Gasteiger partial charge in [0.15, 0.2) is 21.3 Å². The number of hydrogen-bond acceptors (Lipinski definition) is 7. The van der Waals surface area contributed by atoms with E-state index in [2.05, 4.69) is 0 Å². The largest absolute Gasteiger partial charge is 0.493 e. The van der Waals surface area contributed by atoms with Crippen LogP contribution in [0.4, 0.5) is 0 Å². The molecule has 0 fully saturated rings. The van der Waals surface area contributed by atoms with Crippen LogP contribution in [0.1, 0.15) is 13.3 Å². The molecule has 0 spiro atoms. The third-order valence-electron chi connectivity index (χ3n) is 3.13. The van der Waals surface area contributed by atoms with E-state index < -0.39 is 27.4 Å². The van der Waals surface area contributed by atoms with E-state index in [4.69, 9.17) is 20.3 Å². The van der Waals surface area contributed by atoms with Crippen LogP contribution in [-0.2, 0) is 9.84 Å². The molecule has 1 aromatic rings. The molecule has 0 radical (unpaired) electrons. The summed E-state index contributed by atoms with van der Waals surface area (Å²) in [7, 11) is -1.09. The fraction of sp³-hybridized carbons (Fsp3) is 0.538. The van der Waals surface area contributed by atoms with Gasteiger partial charge in [-0.2, -0.15) is 0 Å². The summed E-state index contributed by atoms with van der Waals surface area (Å²) >= 11 is 0. The van der Waals surface area contributed by atoms with Crippen molar-refractivity contribution in [1.82, 2.24) is 0 Å². The molecule has 2 unspecified atom stereocenters. The number of methoxy groups -OCH3 is 2. The van der Waals surface area contributed by atoms with Gasteiger partial charge in [-0.1, -0.05) is 0 Å². The van der Waals surface area contributed by atoms with Gasteiger partial charge in [0.05, 0.1) is 31.8 Å². The smallest absolute Gasteiger partial charge is 0.196 e. The number of rotatable bonds is 7. The Labute approximate surface area is 124 Å². The van der Waals surface area contributed by atoms with Crippen LogP contribution in [0.3, 0.4) is 0 Å². The Balaban J connectivity index is 3.24.